The first-order valence-electron chi connectivity index (χ1n) is 9.21. The van der Waals surface area contributed by atoms with Crippen LogP contribution in [0.15, 0.2) is 47.4 Å². The number of benzene rings is 1. The van der Waals surface area contributed by atoms with Crippen molar-refractivity contribution in [1.29, 1.82) is 0 Å². The first-order valence-corrected chi connectivity index (χ1v) is 9.58. The van der Waals surface area contributed by atoms with E-state index in [1.54, 1.807) is 25.4 Å². The monoisotopic (exact) mass is 398 g/mol. The van der Waals surface area contributed by atoms with Gasteiger partial charge in [-0.3, -0.25) is 4.79 Å². The van der Waals surface area contributed by atoms with E-state index in [1.165, 1.54) is 10.6 Å². The molecule has 146 valence electrons. The fraction of sp³-hybridized carbons (Fsp3) is 0.286. The topological polar surface area (TPSA) is 69.0 Å². The predicted molar refractivity (Wildman–Crippen MR) is 112 cm³/mol. The van der Waals surface area contributed by atoms with Gasteiger partial charge in [-0.25, -0.2) is 0 Å². The Morgan fingerprint density at radius 1 is 1.21 bits per heavy atom. The Balaban J connectivity index is 2.01. The Labute approximate surface area is 169 Å². The molecule has 7 heteroatoms. The van der Waals surface area contributed by atoms with Gasteiger partial charge in [-0.1, -0.05) is 37.1 Å². The lowest BCUT2D eigenvalue weighted by atomic mass is 10.2. The zero-order valence-electron chi connectivity index (χ0n) is 16.2. The molecule has 3 rings (SSSR count). The molecular weight excluding hydrogens is 376 g/mol. The number of unbranched alkanes of at least 4 members (excludes halogenated alkanes) is 1. The summed E-state index contributed by atoms with van der Waals surface area (Å²) < 4.78 is 7.45. The van der Waals surface area contributed by atoms with E-state index < -0.39 is 0 Å². The third kappa shape index (κ3) is 4.70. The van der Waals surface area contributed by atoms with Crippen molar-refractivity contribution in [3.8, 4) is 23.0 Å². The van der Waals surface area contributed by atoms with Gasteiger partial charge in [0.05, 0.1) is 10.7 Å². The van der Waals surface area contributed by atoms with Crippen LogP contribution >= 0.6 is 11.6 Å². The van der Waals surface area contributed by atoms with Crippen LogP contribution in [0.1, 0.15) is 25.3 Å². The van der Waals surface area contributed by atoms with Crippen LogP contribution in [0.25, 0.3) is 11.3 Å². The average Bonchev–Trinajstić information content (AvgIpc) is 2.67. The highest BCUT2D eigenvalue weighted by Crippen LogP contribution is 2.32. The van der Waals surface area contributed by atoms with Gasteiger partial charge in [0, 0.05) is 37.5 Å². The van der Waals surface area contributed by atoms with Crippen molar-refractivity contribution in [2.75, 3.05) is 11.9 Å². The highest BCUT2D eigenvalue weighted by atomic mass is 35.5. The second kappa shape index (κ2) is 8.89. The lowest BCUT2D eigenvalue weighted by Gasteiger charge is -2.13. The predicted octanol–water partition coefficient (Wildman–Crippen LogP) is 4.81. The normalized spacial score (nSPS) is 10.7. The molecule has 3 aromatic rings. The number of nitrogens with one attached hydrogen (secondary N) is 1. The second-order valence-electron chi connectivity index (χ2n) is 6.56. The Morgan fingerprint density at radius 3 is 2.75 bits per heavy atom. The minimum Gasteiger partial charge on any atom is -0.422 e. The van der Waals surface area contributed by atoms with Gasteiger partial charge in [0.25, 0.3) is 0 Å². The molecule has 0 amide bonds. The van der Waals surface area contributed by atoms with Crippen molar-refractivity contribution >= 4 is 17.4 Å². The molecule has 0 saturated carbocycles. The smallest absolute Gasteiger partial charge is 0.324 e. The number of aryl methyl sites for hydroxylation is 2. The summed E-state index contributed by atoms with van der Waals surface area (Å²) in [5.41, 5.74) is 2.26. The number of halogens is 1. The quantitative estimate of drug-likeness (QED) is 0.578. The van der Waals surface area contributed by atoms with E-state index in [9.17, 15) is 4.79 Å². The van der Waals surface area contributed by atoms with Crippen molar-refractivity contribution in [2.45, 2.75) is 26.7 Å². The summed E-state index contributed by atoms with van der Waals surface area (Å²) in [6, 6.07) is 10.8. The van der Waals surface area contributed by atoms with Crippen LogP contribution in [0.4, 0.5) is 5.82 Å². The van der Waals surface area contributed by atoms with Gasteiger partial charge in [0.1, 0.15) is 5.82 Å². The van der Waals surface area contributed by atoms with Crippen LogP contribution in [0.3, 0.4) is 0 Å². The van der Waals surface area contributed by atoms with Gasteiger partial charge in [-0.2, -0.15) is 9.97 Å². The Kier molecular flexibility index (Phi) is 6.31. The fourth-order valence-corrected chi connectivity index (χ4v) is 2.95. The standard InChI is InChI=1S/C21H23ClN4O2/c1-4-5-11-23-18-12-17(15-9-10-19(27)26(3)13-15)24-21(25-18)28-20-14(2)7-6-8-16(20)22/h6-10,12-13H,4-5,11H2,1-3H3,(H,23,24,25). The lowest BCUT2D eigenvalue weighted by Crippen LogP contribution is -2.14. The van der Waals surface area contributed by atoms with Gasteiger partial charge in [0.2, 0.25) is 5.56 Å². The van der Waals surface area contributed by atoms with Crippen LogP contribution < -0.4 is 15.6 Å². The fourth-order valence-electron chi connectivity index (χ4n) is 2.69. The minimum atomic E-state index is -0.0812. The van der Waals surface area contributed by atoms with E-state index in [4.69, 9.17) is 16.3 Å². The van der Waals surface area contributed by atoms with Crippen LogP contribution in [0, 0.1) is 6.92 Å². The number of nitrogens with zero attached hydrogens (tertiary/aromatic N) is 3. The number of aromatic nitrogens is 3. The number of para-hydroxylation sites is 1. The molecule has 0 bridgehead atoms. The number of rotatable bonds is 7. The number of hydrogen-bond acceptors (Lipinski definition) is 5. The van der Waals surface area contributed by atoms with Crippen molar-refractivity contribution in [3.05, 3.63) is 63.5 Å². The van der Waals surface area contributed by atoms with E-state index >= 15 is 0 Å². The number of ether oxygens (including phenoxy) is 1. The lowest BCUT2D eigenvalue weighted by molar-refractivity contribution is 0.440. The summed E-state index contributed by atoms with van der Waals surface area (Å²) in [5.74, 6) is 1.19. The highest BCUT2D eigenvalue weighted by Gasteiger charge is 2.13. The van der Waals surface area contributed by atoms with Crippen LogP contribution in [-0.4, -0.2) is 21.1 Å². The number of anilines is 1. The average molecular weight is 399 g/mol. The zero-order valence-corrected chi connectivity index (χ0v) is 17.0. The summed E-state index contributed by atoms with van der Waals surface area (Å²) in [6.45, 7) is 4.84. The summed E-state index contributed by atoms with van der Waals surface area (Å²) in [5, 5.41) is 3.80. The molecule has 0 aliphatic carbocycles. The molecular formula is C21H23ClN4O2. The van der Waals surface area contributed by atoms with Crippen molar-refractivity contribution in [1.82, 2.24) is 14.5 Å². The minimum absolute atomic E-state index is 0.0812. The van der Waals surface area contributed by atoms with Gasteiger partial charge in [-0.15, -0.1) is 0 Å². The maximum absolute atomic E-state index is 11.7. The van der Waals surface area contributed by atoms with Crippen LogP contribution in [0.2, 0.25) is 5.02 Å². The van der Waals surface area contributed by atoms with Gasteiger partial charge >= 0.3 is 6.01 Å². The second-order valence-corrected chi connectivity index (χ2v) is 6.96. The molecule has 0 spiro atoms. The maximum Gasteiger partial charge on any atom is 0.324 e. The number of hydrogen-bond donors (Lipinski definition) is 1. The molecule has 0 saturated heterocycles. The first kappa shape index (κ1) is 19.9. The maximum atomic E-state index is 11.7. The first-order chi connectivity index (χ1) is 13.5. The van der Waals surface area contributed by atoms with E-state index in [0.717, 1.165) is 30.5 Å². The van der Waals surface area contributed by atoms with Crippen LogP contribution in [-0.2, 0) is 7.05 Å². The number of pyridine rings is 1. The molecule has 2 heterocycles. The van der Waals surface area contributed by atoms with E-state index in [-0.39, 0.29) is 11.6 Å². The Bertz CT molecular complexity index is 1010. The molecule has 2 aromatic heterocycles. The van der Waals surface area contributed by atoms with E-state index in [2.05, 4.69) is 22.2 Å². The molecule has 0 radical (unpaired) electrons. The largest absolute Gasteiger partial charge is 0.422 e. The molecule has 1 N–H and O–H groups in total. The SMILES string of the molecule is CCCCNc1cc(-c2ccc(=O)n(C)c2)nc(Oc2c(C)cccc2Cl)n1. The summed E-state index contributed by atoms with van der Waals surface area (Å²) in [4.78, 5) is 20.7. The third-order valence-electron chi connectivity index (χ3n) is 4.28. The summed E-state index contributed by atoms with van der Waals surface area (Å²) in [7, 11) is 1.71. The summed E-state index contributed by atoms with van der Waals surface area (Å²) in [6.07, 6.45) is 3.85. The van der Waals surface area contributed by atoms with Crippen molar-refractivity contribution in [2.24, 2.45) is 7.05 Å². The van der Waals surface area contributed by atoms with Crippen molar-refractivity contribution < 1.29 is 4.74 Å². The Hall–Kier alpha value is -2.86. The molecule has 0 aliphatic rings. The molecule has 0 atom stereocenters. The molecule has 1 aromatic carbocycles. The van der Waals surface area contributed by atoms with Gasteiger partial charge < -0.3 is 14.6 Å². The zero-order chi connectivity index (χ0) is 20.1. The third-order valence-corrected chi connectivity index (χ3v) is 4.58. The molecule has 0 aliphatic heterocycles. The molecule has 28 heavy (non-hydrogen) atoms. The van der Waals surface area contributed by atoms with E-state index in [0.29, 0.717) is 22.3 Å². The summed E-state index contributed by atoms with van der Waals surface area (Å²) >= 11 is 6.28. The highest BCUT2D eigenvalue weighted by molar-refractivity contribution is 6.32. The van der Waals surface area contributed by atoms with Crippen molar-refractivity contribution in [3.63, 3.8) is 0 Å². The van der Waals surface area contributed by atoms with Gasteiger partial charge in [-0.05, 0) is 31.0 Å². The molecule has 6 nitrogen and oxygen atoms in total. The van der Waals surface area contributed by atoms with Gasteiger partial charge in [0.15, 0.2) is 5.75 Å². The molecule has 0 unspecified atom stereocenters. The van der Waals surface area contributed by atoms with Crippen LogP contribution in [0.5, 0.6) is 11.8 Å². The Morgan fingerprint density at radius 2 is 2.04 bits per heavy atom. The molecule has 0 fully saturated rings. The van der Waals surface area contributed by atoms with E-state index in [1.807, 2.05) is 25.1 Å².